The summed E-state index contributed by atoms with van der Waals surface area (Å²) >= 11 is 13.4. The van der Waals surface area contributed by atoms with E-state index >= 15 is 0 Å². The largest absolute Gasteiger partial charge is 0.376 e. The van der Waals surface area contributed by atoms with Gasteiger partial charge in [0.2, 0.25) is 5.91 Å². The van der Waals surface area contributed by atoms with Crippen LogP contribution in [0.25, 0.3) is 0 Å². The highest BCUT2D eigenvalue weighted by atomic mass is 35.5. The lowest BCUT2D eigenvalue weighted by Gasteiger charge is -2.14. The molecule has 1 atom stereocenters. The highest BCUT2D eigenvalue weighted by molar-refractivity contribution is 7.99. The second kappa shape index (κ2) is 9.08. The van der Waals surface area contributed by atoms with E-state index in [2.05, 4.69) is 20.1 Å². The van der Waals surface area contributed by atoms with Gasteiger partial charge in [0.15, 0.2) is 5.16 Å². The van der Waals surface area contributed by atoms with E-state index in [1.54, 1.807) is 18.2 Å². The topological polar surface area (TPSA) is 69.0 Å². The summed E-state index contributed by atoms with van der Waals surface area (Å²) in [6, 6.07) is 5.13. The van der Waals surface area contributed by atoms with E-state index in [-0.39, 0.29) is 17.8 Å². The molecule has 3 rings (SSSR count). The number of rotatable bonds is 7. The SMILES string of the molecule is CCc1nnc(SCC(=O)Nc2cccc(Cl)c2Cl)n1CC1CCCO1. The Balaban J connectivity index is 1.62. The van der Waals surface area contributed by atoms with Gasteiger partial charge in [-0.2, -0.15) is 0 Å². The van der Waals surface area contributed by atoms with Gasteiger partial charge >= 0.3 is 0 Å². The van der Waals surface area contributed by atoms with Crippen LogP contribution in [-0.2, 0) is 22.5 Å². The number of aromatic nitrogens is 3. The fourth-order valence-electron chi connectivity index (χ4n) is 2.78. The first-order chi connectivity index (χ1) is 12.6. The van der Waals surface area contributed by atoms with Gasteiger partial charge in [0.25, 0.3) is 0 Å². The summed E-state index contributed by atoms with van der Waals surface area (Å²) in [5.74, 6) is 0.932. The number of benzene rings is 1. The molecule has 0 bridgehead atoms. The quantitative estimate of drug-likeness (QED) is 0.691. The zero-order valence-corrected chi connectivity index (χ0v) is 16.7. The maximum absolute atomic E-state index is 12.3. The lowest BCUT2D eigenvalue weighted by molar-refractivity contribution is -0.113. The van der Waals surface area contributed by atoms with Crippen LogP contribution in [0, 0.1) is 0 Å². The van der Waals surface area contributed by atoms with E-state index in [1.807, 2.05) is 6.92 Å². The third kappa shape index (κ3) is 4.71. The van der Waals surface area contributed by atoms with Crippen LogP contribution in [0.2, 0.25) is 10.0 Å². The third-order valence-electron chi connectivity index (χ3n) is 4.08. The molecule has 0 spiro atoms. The zero-order valence-electron chi connectivity index (χ0n) is 14.4. The van der Waals surface area contributed by atoms with Crippen molar-refractivity contribution in [2.45, 2.75) is 44.0 Å². The van der Waals surface area contributed by atoms with Crippen LogP contribution in [0.5, 0.6) is 0 Å². The van der Waals surface area contributed by atoms with Gasteiger partial charge in [-0.05, 0) is 25.0 Å². The average Bonchev–Trinajstić information content (AvgIpc) is 3.27. The van der Waals surface area contributed by atoms with Crippen molar-refractivity contribution in [3.63, 3.8) is 0 Å². The second-order valence-electron chi connectivity index (χ2n) is 5.94. The van der Waals surface area contributed by atoms with Crippen molar-refractivity contribution in [3.8, 4) is 0 Å². The standard InChI is InChI=1S/C17H20Cl2N4O2S/c1-2-14-21-22-17(23(14)9-11-5-4-8-25-11)26-10-15(24)20-13-7-3-6-12(18)16(13)19/h3,6-7,11H,2,4-5,8-10H2,1H3,(H,20,24). The zero-order chi connectivity index (χ0) is 18.5. The third-order valence-corrected chi connectivity index (χ3v) is 5.86. The minimum absolute atomic E-state index is 0.177. The predicted octanol–water partition coefficient (Wildman–Crippen LogP) is 4.06. The van der Waals surface area contributed by atoms with Crippen LogP contribution >= 0.6 is 35.0 Å². The first-order valence-electron chi connectivity index (χ1n) is 8.48. The molecule has 0 aliphatic carbocycles. The van der Waals surface area contributed by atoms with Gasteiger partial charge in [-0.15, -0.1) is 10.2 Å². The molecule has 6 nitrogen and oxygen atoms in total. The number of carbonyl (C=O) groups is 1. The van der Waals surface area contributed by atoms with E-state index in [0.29, 0.717) is 15.7 Å². The number of anilines is 1. The number of amides is 1. The number of hydrogen-bond donors (Lipinski definition) is 1. The van der Waals surface area contributed by atoms with Crippen molar-refractivity contribution in [1.82, 2.24) is 14.8 Å². The highest BCUT2D eigenvalue weighted by Gasteiger charge is 2.21. The van der Waals surface area contributed by atoms with Crippen LogP contribution in [0.3, 0.4) is 0 Å². The van der Waals surface area contributed by atoms with Gasteiger partial charge in [-0.25, -0.2) is 0 Å². The lowest BCUT2D eigenvalue weighted by Crippen LogP contribution is -2.19. The maximum Gasteiger partial charge on any atom is 0.234 e. The fourth-order valence-corrected chi connectivity index (χ4v) is 3.89. The monoisotopic (exact) mass is 414 g/mol. The van der Waals surface area contributed by atoms with E-state index in [4.69, 9.17) is 27.9 Å². The van der Waals surface area contributed by atoms with Crippen molar-refractivity contribution in [3.05, 3.63) is 34.1 Å². The molecule has 26 heavy (non-hydrogen) atoms. The maximum atomic E-state index is 12.3. The predicted molar refractivity (Wildman–Crippen MR) is 104 cm³/mol. The number of ether oxygens (including phenoxy) is 1. The van der Waals surface area contributed by atoms with Crippen LogP contribution in [0.15, 0.2) is 23.4 Å². The molecular weight excluding hydrogens is 395 g/mol. The first-order valence-corrected chi connectivity index (χ1v) is 10.2. The number of nitrogens with zero attached hydrogens (tertiary/aromatic N) is 3. The van der Waals surface area contributed by atoms with Gasteiger partial charge < -0.3 is 14.6 Å². The number of thioether (sulfide) groups is 1. The molecule has 1 aromatic carbocycles. The summed E-state index contributed by atoms with van der Waals surface area (Å²) in [5, 5.41) is 12.7. The second-order valence-corrected chi connectivity index (χ2v) is 7.66. The van der Waals surface area contributed by atoms with E-state index in [9.17, 15) is 4.79 Å². The molecule has 1 fully saturated rings. The molecule has 1 N–H and O–H groups in total. The molecule has 2 heterocycles. The molecule has 2 aromatic rings. The molecule has 1 saturated heterocycles. The van der Waals surface area contributed by atoms with Crippen LogP contribution in [0.4, 0.5) is 5.69 Å². The Hall–Kier alpha value is -1.28. The molecule has 9 heteroatoms. The van der Waals surface area contributed by atoms with Gasteiger partial charge in [-0.1, -0.05) is 48.0 Å². The Morgan fingerprint density at radius 2 is 2.27 bits per heavy atom. The molecule has 0 radical (unpaired) electrons. The number of aryl methyl sites for hydroxylation is 1. The summed E-state index contributed by atoms with van der Waals surface area (Å²) in [7, 11) is 0. The molecule has 0 saturated carbocycles. The summed E-state index contributed by atoms with van der Waals surface area (Å²) in [6.45, 7) is 3.57. The summed E-state index contributed by atoms with van der Waals surface area (Å²) in [5.41, 5.74) is 0.500. The molecule has 1 amide bonds. The molecule has 140 valence electrons. The van der Waals surface area contributed by atoms with E-state index < -0.39 is 0 Å². The van der Waals surface area contributed by atoms with Crippen molar-refractivity contribution in [1.29, 1.82) is 0 Å². The van der Waals surface area contributed by atoms with Crippen molar-refractivity contribution in [2.75, 3.05) is 17.7 Å². The van der Waals surface area contributed by atoms with Crippen LogP contribution < -0.4 is 5.32 Å². The number of carbonyl (C=O) groups excluding carboxylic acids is 1. The number of nitrogens with one attached hydrogen (secondary N) is 1. The van der Waals surface area contributed by atoms with Gasteiger partial charge in [0.1, 0.15) is 5.82 Å². The van der Waals surface area contributed by atoms with Crippen LogP contribution in [-0.4, -0.2) is 39.1 Å². The molecule has 1 unspecified atom stereocenters. The Bertz CT molecular complexity index is 778. The number of hydrogen-bond acceptors (Lipinski definition) is 5. The Labute approximate surface area is 166 Å². The van der Waals surface area contributed by atoms with E-state index in [0.717, 1.165) is 43.4 Å². The lowest BCUT2D eigenvalue weighted by atomic mass is 10.2. The van der Waals surface area contributed by atoms with Crippen molar-refractivity contribution >= 4 is 46.6 Å². The van der Waals surface area contributed by atoms with Gasteiger partial charge in [0.05, 0.1) is 34.1 Å². The average molecular weight is 415 g/mol. The Kier molecular flexibility index (Phi) is 6.80. The normalized spacial score (nSPS) is 16.8. The molecule has 1 aliphatic rings. The van der Waals surface area contributed by atoms with Crippen molar-refractivity contribution < 1.29 is 9.53 Å². The van der Waals surface area contributed by atoms with Crippen molar-refractivity contribution in [2.24, 2.45) is 0 Å². The summed E-state index contributed by atoms with van der Waals surface area (Å²) in [4.78, 5) is 12.3. The minimum atomic E-state index is -0.177. The summed E-state index contributed by atoms with van der Waals surface area (Å²) < 4.78 is 7.77. The Morgan fingerprint density at radius 3 is 3.00 bits per heavy atom. The van der Waals surface area contributed by atoms with Gasteiger partial charge in [0, 0.05) is 13.0 Å². The van der Waals surface area contributed by atoms with Gasteiger partial charge in [-0.3, -0.25) is 4.79 Å². The minimum Gasteiger partial charge on any atom is -0.376 e. The smallest absolute Gasteiger partial charge is 0.234 e. The van der Waals surface area contributed by atoms with Crippen LogP contribution in [0.1, 0.15) is 25.6 Å². The first kappa shape index (κ1) is 19.5. The molecule has 1 aliphatic heterocycles. The Morgan fingerprint density at radius 1 is 1.42 bits per heavy atom. The molecular formula is C17H20Cl2N4O2S. The highest BCUT2D eigenvalue weighted by Crippen LogP contribution is 2.30. The fraction of sp³-hybridized carbons (Fsp3) is 0.471. The van der Waals surface area contributed by atoms with E-state index in [1.165, 1.54) is 11.8 Å². The molecule has 1 aromatic heterocycles. The summed E-state index contributed by atoms with van der Waals surface area (Å²) in [6.07, 6.45) is 3.10. The number of halogens is 2.